The lowest BCUT2D eigenvalue weighted by molar-refractivity contribution is 0.0702. The molecule has 2 heterocycles. The lowest BCUT2D eigenvalue weighted by atomic mass is 9.97. The third-order valence-corrected chi connectivity index (χ3v) is 7.28. The highest BCUT2D eigenvalue weighted by Gasteiger charge is 2.18. The highest BCUT2D eigenvalue weighted by molar-refractivity contribution is 7.13. The molecule has 2 aromatic heterocycles. The van der Waals surface area contributed by atoms with Crippen molar-refractivity contribution in [3.8, 4) is 17.1 Å². The third kappa shape index (κ3) is 4.81. The van der Waals surface area contributed by atoms with Crippen molar-refractivity contribution in [2.75, 3.05) is 12.4 Å². The van der Waals surface area contributed by atoms with Crippen molar-refractivity contribution in [2.45, 2.75) is 26.3 Å². The largest absolute Gasteiger partial charge is 0.497 e. The van der Waals surface area contributed by atoms with Gasteiger partial charge in [0.15, 0.2) is 0 Å². The minimum absolute atomic E-state index is 0.0666. The van der Waals surface area contributed by atoms with Crippen molar-refractivity contribution < 1.29 is 19.2 Å². The van der Waals surface area contributed by atoms with E-state index in [1.807, 2.05) is 49.4 Å². The van der Waals surface area contributed by atoms with E-state index in [1.54, 1.807) is 13.2 Å². The molecular weight excluding hydrogens is 474 g/mol. The van der Waals surface area contributed by atoms with Gasteiger partial charge in [-0.1, -0.05) is 41.6 Å². The summed E-state index contributed by atoms with van der Waals surface area (Å²) >= 11 is 1.27. The molecule has 0 aliphatic carbocycles. The maximum Gasteiger partial charge on any atom is 0.345 e. The van der Waals surface area contributed by atoms with Gasteiger partial charge < -0.3 is 19.7 Å². The van der Waals surface area contributed by atoms with Gasteiger partial charge in [0.05, 0.1) is 13.0 Å². The Kier molecular flexibility index (Phi) is 6.43. The van der Waals surface area contributed by atoms with Crippen LogP contribution in [0.15, 0.2) is 71.3 Å². The molecule has 0 saturated carbocycles. The van der Waals surface area contributed by atoms with Crippen LogP contribution in [0.1, 0.15) is 44.4 Å². The van der Waals surface area contributed by atoms with E-state index in [-0.39, 0.29) is 5.92 Å². The normalized spacial score (nSPS) is 12.0. The van der Waals surface area contributed by atoms with Crippen molar-refractivity contribution >= 4 is 33.8 Å². The molecular formula is C28H25N3O4S. The zero-order valence-corrected chi connectivity index (χ0v) is 20.9. The number of carboxylic acids is 1. The predicted molar refractivity (Wildman–Crippen MR) is 141 cm³/mol. The smallest absolute Gasteiger partial charge is 0.345 e. The van der Waals surface area contributed by atoms with Gasteiger partial charge in [-0.25, -0.2) is 4.79 Å². The van der Waals surface area contributed by atoms with Gasteiger partial charge in [0.25, 0.3) is 0 Å². The Morgan fingerprint density at radius 2 is 1.89 bits per heavy atom. The van der Waals surface area contributed by atoms with Gasteiger partial charge in [-0.15, -0.1) is 11.3 Å². The Morgan fingerprint density at radius 3 is 2.67 bits per heavy atom. The lowest BCUT2D eigenvalue weighted by Crippen LogP contribution is -2.00. The van der Waals surface area contributed by atoms with Crippen LogP contribution in [0.25, 0.3) is 22.2 Å². The van der Waals surface area contributed by atoms with Crippen LogP contribution in [0.2, 0.25) is 0 Å². The van der Waals surface area contributed by atoms with Crippen LogP contribution in [0.4, 0.5) is 5.69 Å². The molecule has 0 radical (unpaired) electrons. The minimum atomic E-state index is -0.907. The molecule has 0 aliphatic rings. The van der Waals surface area contributed by atoms with Gasteiger partial charge in [-0.05, 0) is 66.1 Å². The average Bonchev–Trinajstić information content (AvgIpc) is 3.58. The number of fused-ring (bicyclic) bond motifs is 1. The Hall–Kier alpha value is -4.17. The second kappa shape index (κ2) is 9.83. The number of hydrogen-bond acceptors (Lipinski definition) is 7. The summed E-state index contributed by atoms with van der Waals surface area (Å²) in [5.41, 5.74) is 3.93. The summed E-state index contributed by atoms with van der Waals surface area (Å²) in [6.45, 7) is 4.60. The fraction of sp³-hybridized carbons (Fsp3) is 0.179. The van der Waals surface area contributed by atoms with Crippen molar-refractivity contribution in [3.63, 3.8) is 0 Å². The van der Waals surface area contributed by atoms with Crippen molar-refractivity contribution in [1.29, 1.82) is 0 Å². The van der Waals surface area contributed by atoms with Crippen LogP contribution < -0.4 is 10.1 Å². The summed E-state index contributed by atoms with van der Waals surface area (Å²) in [5, 5.41) is 19.0. The Bertz CT molecular complexity index is 1560. The molecule has 1 unspecified atom stereocenters. The topological polar surface area (TPSA) is 97.5 Å². The number of aromatic carboxylic acids is 1. The number of ether oxygens (including phenoxy) is 1. The fourth-order valence-corrected chi connectivity index (χ4v) is 4.82. The fourth-order valence-electron chi connectivity index (χ4n) is 4.03. The molecule has 182 valence electrons. The van der Waals surface area contributed by atoms with Crippen LogP contribution in [0.3, 0.4) is 0 Å². The SMILES string of the molecule is COc1ccc2cc(C(C)c3nc(-c4ccc(C)c(NCc5ccc(C(=O)O)s5)c4)no3)ccc2c1. The summed E-state index contributed by atoms with van der Waals surface area (Å²) in [6, 6.07) is 21.7. The molecule has 36 heavy (non-hydrogen) atoms. The lowest BCUT2D eigenvalue weighted by Gasteiger charge is -2.10. The number of nitrogens with one attached hydrogen (secondary N) is 1. The van der Waals surface area contributed by atoms with Gasteiger partial charge in [-0.3, -0.25) is 0 Å². The number of thiophene rings is 1. The van der Waals surface area contributed by atoms with Gasteiger partial charge in [0, 0.05) is 22.7 Å². The standard InChI is InChI=1S/C28H25N3O4S/c1-16-4-5-21(14-24(16)29-15-23-10-11-25(36-23)28(32)33)26-30-27(35-31-26)17(2)18-6-7-20-13-22(34-3)9-8-19(20)12-18/h4-14,17,29H,15H2,1-3H3,(H,32,33). The van der Waals surface area contributed by atoms with Crippen molar-refractivity contribution in [1.82, 2.24) is 10.1 Å². The first-order valence-corrected chi connectivity index (χ1v) is 12.3. The number of anilines is 1. The molecule has 7 nitrogen and oxygen atoms in total. The van der Waals surface area contributed by atoms with Gasteiger partial charge in [0.2, 0.25) is 11.7 Å². The van der Waals surface area contributed by atoms with Crippen LogP contribution in [0.5, 0.6) is 5.75 Å². The van der Waals surface area contributed by atoms with E-state index in [4.69, 9.17) is 14.4 Å². The quantitative estimate of drug-likeness (QED) is 0.244. The van der Waals surface area contributed by atoms with Gasteiger partial charge >= 0.3 is 5.97 Å². The van der Waals surface area contributed by atoms with E-state index in [1.165, 1.54) is 11.3 Å². The number of aryl methyl sites for hydroxylation is 1. The maximum absolute atomic E-state index is 11.1. The number of aromatic nitrogens is 2. The molecule has 2 N–H and O–H groups in total. The number of hydrogen-bond donors (Lipinski definition) is 2. The van der Waals surface area contributed by atoms with Crippen LogP contribution in [0, 0.1) is 6.92 Å². The first-order valence-electron chi connectivity index (χ1n) is 11.5. The van der Waals surface area contributed by atoms with Gasteiger partial charge in [-0.2, -0.15) is 4.98 Å². The third-order valence-electron chi connectivity index (χ3n) is 6.20. The summed E-state index contributed by atoms with van der Waals surface area (Å²) in [4.78, 5) is 17.1. The predicted octanol–water partition coefficient (Wildman–Crippen LogP) is 6.73. The number of methoxy groups -OCH3 is 1. The molecule has 1 atom stereocenters. The van der Waals surface area contributed by atoms with E-state index < -0.39 is 5.97 Å². The summed E-state index contributed by atoms with van der Waals surface area (Å²) in [7, 11) is 1.67. The van der Waals surface area contributed by atoms with Crippen LogP contribution in [-0.2, 0) is 6.54 Å². The van der Waals surface area contributed by atoms with Crippen molar-refractivity contribution in [2.24, 2.45) is 0 Å². The molecule has 0 spiro atoms. The number of nitrogens with zero attached hydrogens (tertiary/aromatic N) is 2. The first-order chi connectivity index (χ1) is 17.4. The molecule has 0 amide bonds. The Morgan fingerprint density at radius 1 is 1.08 bits per heavy atom. The average molecular weight is 500 g/mol. The van der Waals surface area contributed by atoms with E-state index >= 15 is 0 Å². The Labute approximate surface area is 212 Å². The van der Waals surface area contributed by atoms with Crippen molar-refractivity contribution in [3.05, 3.63) is 93.5 Å². The van der Waals surface area contributed by atoms with Crippen LogP contribution in [-0.4, -0.2) is 28.3 Å². The molecule has 0 fully saturated rings. The molecule has 5 rings (SSSR count). The number of rotatable bonds is 8. The molecule has 8 heteroatoms. The highest BCUT2D eigenvalue weighted by atomic mass is 32.1. The zero-order valence-electron chi connectivity index (χ0n) is 20.1. The monoisotopic (exact) mass is 499 g/mol. The van der Waals surface area contributed by atoms with Gasteiger partial charge in [0.1, 0.15) is 10.6 Å². The first kappa shape index (κ1) is 23.6. The Balaban J connectivity index is 1.34. The summed E-state index contributed by atoms with van der Waals surface area (Å²) in [5.74, 6) is 0.929. The number of benzene rings is 3. The maximum atomic E-state index is 11.1. The van der Waals surface area contributed by atoms with Crippen LogP contribution >= 0.6 is 11.3 Å². The van der Waals surface area contributed by atoms with E-state index in [0.717, 1.165) is 43.8 Å². The second-order valence-corrected chi connectivity index (χ2v) is 9.77. The minimum Gasteiger partial charge on any atom is -0.497 e. The zero-order chi connectivity index (χ0) is 25.2. The number of carboxylic acid groups (broad SMARTS) is 1. The second-order valence-electron chi connectivity index (χ2n) is 8.60. The number of carbonyl (C=O) groups is 1. The molecule has 3 aromatic carbocycles. The van der Waals surface area contributed by atoms with E-state index in [2.05, 4.69) is 40.6 Å². The summed E-state index contributed by atoms with van der Waals surface area (Å²) in [6.07, 6.45) is 0. The highest BCUT2D eigenvalue weighted by Crippen LogP contribution is 2.30. The van der Waals surface area contributed by atoms with E-state index in [0.29, 0.717) is 23.1 Å². The molecule has 0 saturated heterocycles. The molecule has 0 aliphatic heterocycles. The summed E-state index contributed by atoms with van der Waals surface area (Å²) < 4.78 is 11.0. The molecule has 5 aromatic rings. The molecule has 0 bridgehead atoms. The van der Waals surface area contributed by atoms with E-state index in [9.17, 15) is 4.79 Å².